The van der Waals surface area contributed by atoms with Crippen LogP contribution in [0.2, 0.25) is 0 Å². The Morgan fingerprint density at radius 1 is 0.556 bits per heavy atom. The number of carbonyl (C=O) groups is 2. The Morgan fingerprint density at radius 2 is 1.02 bits per heavy atom. The maximum atomic E-state index is 12.8. The van der Waals surface area contributed by atoms with Crippen LogP contribution in [0.3, 0.4) is 0 Å². The molecule has 0 spiro atoms. The van der Waals surface area contributed by atoms with E-state index in [0.717, 1.165) is 57.4 Å². The third-order valence-electron chi connectivity index (χ3n) is 10.0. The number of esters is 2. The molecule has 0 bridgehead atoms. The minimum atomic E-state index is -5.17. The summed E-state index contributed by atoms with van der Waals surface area (Å²) >= 11 is 0. The Hall–Kier alpha value is -3.23. The van der Waals surface area contributed by atoms with Gasteiger partial charge in [-0.2, -0.15) is 0 Å². The molecular formula is C49H79O13P. The van der Waals surface area contributed by atoms with Crippen LogP contribution in [0.4, 0.5) is 0 Å². The Bertz CT molecular complexity index is 1470. The second-order valence-electron chi connectivity index (χ2n) is 15.6. The van der Waals surface area contributed by atoms with E-state index in [1.807, 2.05) is 24.3 Å². The first-order valence-electron chi connectivity index (χ1n) is 23.1. The van der Waals surface area contributed by atoms with E-state index in [9.17, 15) is 44.6 Å². The van der Waals surface area contributed by atoms with Gasteiger partial charge in [-0.3, -0.25) is 13.8 Å². The fraction of sp³-hybridized carbons (Fsp3) is 0.633. The predicted octanol–water partition coefficient (Wildman–Crippen LogP) is 9.05. The second-order valence-corrected chi connectivity index (χ2v) is 17.0. The lowest BCUT2D eigenvalue weighted by Gasteiger charge is -2.41. The van der Waals surface area contributed by atoms with Crippen LogP contribution in [0.5, 0.6) is 0 Å². The van der Waals surface area contributed by atoms with Crippen molar-refractivity contribution in [3.63, 3.8) is 0 Å². The lowest BCUT2D eigenvalue weighted by Crippen LogP contribution is -2.64. The molecule has 1 aliphatic rings. The average molecular weight is 907 g/mol. The van der Waals surface area contributed by atoms with Gasteiger partial charge >= 0.3 is 19.8 Å². The zero-order valence-electron chi connectivity index (χ0n) is 37.8. The van der Waals surface area contributed by atoms with Crippen LogP contribution in [0.25, 0.3) is 0 Å². The third kappa shape index (κ3) is 30.5. The van der Waals surface area contributed by atoms with E-state index in [2.05, 4.69) is 68.5 Å². The van der Waals surface area contributed by atoms with Gasteiger partial charge in [0.1, 0.15) is 43.2 Å². The molecule has 63 heavy (non-hydrogen) atoms. The highest BCUT2D eigenvalue weighted by Crippen LogP contribution is 2.47. The van der Waals surface area contributed by atoms with Crippen molar-refractivity contribution < 1.29 is 63.1 Å². The molecular weight excluding hydrogens is 827 g/mol. The number of aliphatic hydroxyl groups excluding tert-OH is 5. The number of rotatable bonds is 36. The topological polar surface area (TPSA) is 210 Å². The van der Waals surface area contributed by atoms with Gasteiger partial charge < -0.3 is 39.9 Å². The molecule has 1 rings (SSSR count). The van der Waals surface area contributed by atoms with E-state index >= 15 is 0 Å². The van der Waals surface area contributed by atoms with Gasteiger partial charge in [0.2, 0.25) is 0 Å². The molecule has 0 saturated heterocycles. The first kappa shape index (κ1) is 57.8. The number of hydrogen-bond donors (Lipinski definition) is 6. The molecule has 0 aliphatic heterocycles. The third-order valence-corrected chi connectivity index (χ3v) is 11.0. The van der Waals surface area contributed by atoms with Crippen molar-refractivity contribution in [1.29, 1.82) is 0 Å². The number of unbranched alkanes of at least 4 members (excludes halogenated alkanes) is 11. The smallest absolute Gasteiger partial charge is 0.462 e. The summed E-state index contributed by atoms with van der Waals surface area (Å²) < 4.78 is 33.2. The maximum Gasteiger partial charge on any atom is 0.472 e. The first-order valence-corrected chi connectivity index (χ1v) is 24.6. The summed E-state index contributed by atoms with van der Waals surface area (Å²) in [6, 6.07) is 0. The van der Waals surface area contributed by atoms with Crippen molar-refractivity contribution in [3.05, 3.63) is 97.2 Å². The van der Waals surface area contributed by atoms with E-state index in [1.165, 1.54) is 63.9 Å². The zero-order valence-corrected chi connectivity index (χ0v) is 38.7. The molecule has 6 unspecified atom stereocenters. The van der Waals surface area contributed by atoms with E-state index in [1.54, 1.807) is 6.08 Å². The highest BCUT2D eigenvalue weighted by molar-refractivity contribution is 7.47. The van der Waals surface area contributed by atoms with Gasteiger partial charge in [-0.05, 0) is 57.8 Å². The van der Waals surface area contributed by atoms with Gasteiger partial charge in [-0.25, -0.2) is 9.36 Å². The van der Waals surface area contributed by atoms with Crippen molar-refractivity contribution >= 4 is 19.8 Å². The van der Waals surface area contributed by atoms with E-state index in [0.29, 0.717) is 12.8 Å². The molecule has 0 aromatic heterocycles. The Labute approximate surface area is 377 Å². The Kier molecular flexibility index (Phi) is 34.9. The molecule has 6 N–H and O–H groups in total. The average Bonchev–Trinajstić information content (AvgIpc) is 3.26. The fourth-order valence-electron chi connectivity index (χ4n) is 6.34. The largest absolute Gasteiger partial charge is 0.472 e. The monoisotopic (exact) mass is 907 g/mol. The van der Waals surface area contributed by atoms with E-state index < -0.39 is 75.7 Å². The molecule has 0 aromatic rings. The summed E-state index contributed by atoms with van der Waals surface area (Å²) in [5.41, 5.74) is 0. The van der Waals surface area contributed by atoms with Crippen molar-refractivity contribution in [3.8, 4) is 0 Å². The molecule has 13 nitrogen and oxygen atoms in total. The molecule has 1 aliphatic carbocycles. The van der Waals surface area contributed by atoms with Crippen LogP contribution in [0, 0.1) is 0 Å². The highest BCUT2D eigenvalue weighted by atomic mass is 31.2. The minimum absolute atomic E-state index is 0.0169. The summed E-state index contributed by atoms with van der Waals surface area (Å²) in [5.74, 6) is -1.46. The SMILES string of the molecule is CC/C=C/C/C=C/C/C=C/C/C=C/C/C=C/C/C=C/CCC(=O)OC[C@@H](COP(=O)(O)OC1C(O)C(O)C(O)[C@H](O)C1O)OC(=O)/C=C/C=C/CCCCCCCCCCCCC. The highest BCUT2D eigenvalue weighted by Gasteiger charge is 2.51. The van der Waals surface area contributed by atoms with Gasteiger partial charge in [0.15, 0.2) is 6.10 Å². The number of aliphatic hydroxyl groups is 5. The normalized spacial score (nSPS) is 22.6. The van der Waals surface area contributed by atoms with Gasteiger partial charge in [0, 0.05) is 12.5 Å². The van der Waals surface area contributed by atoms with Crippen LogP contribution in [-0.4, -0.2) is 98.3 Å². The van der Waals surface area contributed by atoms with Crippen LogP contribution in [0.15, 0.2) is 97.2 Å². The van der Waals surface area contributed by atoms with Gasteiger partial charge in [0.05, 0.1) is 6.61 Å². The van der Waals surface area contributed by atoms with Crippen LogP contribution < -0.4 is 0 Å². The molecule has 0 heterocycles. The Balaban J connectivity index is 2.57. The standard InChI is InChI=1S/C49H79O13P/c1-3-5-7-9-11-13-15-17-19-20-21-22-24-25-27-29-31-33-35-37-42(50)59-39-41(40-60-63(57,58)62-49-47(55)45(53)44(52)46(54)48(49)56)61-43(51)38-36-34-32-30-28-26-23-18-16-14-12-10-8-6-4-2/h5,7,11,13,17,19,21-22,25,27,31-34,36,38,41,44-49,52-56H,3-4,6,8-10,12,14-16,18,20,23-24,26,28-30,35,37,39-40H2,1-2H3,(H,57,58)/b7-5+,13-11+,19-17+,22-21+,27-25+,33-31+,34-32+,38-36+/t41-,44?,45-,46?,47?,48?,49?/m0/s1. The molecule has 8 atom stereocenters. The molecule has 0 aromatic carbocycles. The van der Waals surface area contributed by atoms with Crippen LogP contribution in [0.1, 0.15) is 142 Å². The van der Waals surface area contributed by atoms with E-state index in [-0.39, 0.29) is 6.42 Å². The summed E-state index contributed by atoms with van der Waals surface area (Å²) in [4.78, 5) is 35.5. The Morgan fingerprint density at radius 3 is 1.52 bits per heavy atom. The predicted molar refractivity (Wildman–Crippen MR) is 248 cm³/mol. The zero-order chi connectivity index (χ0) is 46.4. The first-order chi connectivity index (χ1) is 30.4. The quantitative estimate of drug-likeness (QED) is 0.00867. The number of allylic oxidation sites excluding steroid dienone is 15. The molecule has 1 fully saturated rings. The van der Waals surface area contributed by atoms with Crippen molar-refractivity contribution in [2.24, 2.45) is 0 Å². The van der Waals surface area contributed by atoms with Gasteiger partial charge in [-0.15, -0.1) is 0 Å². The van der Waals surface area contributed by atoms with Crippen molar-refractivity contribution in [2.75, 3.05) is 13.2 Å². The molecule has 0 amide bonds. The summed E-state index contributed by atoms with van der Waals surface area (Å²) in [6.45, 7) is 3.01. The van der Waals surface area contributed by atoms with E-state index in [4.69, 9.17) is 18.5 Å². The van der Waals surface area contributed by atoms with Crippen LogP contribution >= 0.6 is 7.82 Å². The lowest BCUT2D eigenvalue weighted by atomic mass is 9.85. The summed E-state index contributed by atoms with van der Waals surface area (Å²) in [6.07, 6.45) is 38.2. The number of phosphoric ester groups is 1. The second kappa shape index (κ2) is 38.1. The van der Waals surface area contributed by atoms with Gasteiger partial charge in [-0.1, -0.05) is 169 Å². The number of carbonyl (C=O) groups excluding carboxylic acids is 2. The maximum absolute atomic E-state index is 12.8. The molecule has 0 radical (unpaired) electrons. The lowest BCUT2D eigenvalue weighted by molar-refractivity contribution is -0.220. The molecule has 14 heteroatoms. The van der Waals surface area contributed by atoms with Crippen molar-refractivity contribution in [1.82, 2.24) is 0 Å². The minimum Gasteiger partial charge on any atom is -0.462 e. The molecule has 1 saturated carbocycles. The van der Waals surface area contributed by atoms with Crippen molar-refractivity contribution in [2.45, 2.75) is 185 Å². The fourth-order valence-corrected chi connectivity index (χ4v) is 7.31. The van der Waals surface area contributed by atoms with Gasteiger partial charge in [0.25, 0.3) is 0 Å². The van der Waals surface area contributed by atoms with Crippen LogP contribution in [-0.2, 0) is 32.7 Å². The summed E-state index contributed by atoms with van der Waals surface area (Å²) in [7, 11) is -5.17. The summed E-state index contributed by atoms with van der Waals surface area (Å²) in [5, 5.41) is 50.1. The number of ether oxygens (including phenoxy) is 2. The molecule has 358 valence electrons. The number of hydrogen-bond acceptors (Lipinski definition) is 12. The number of phosphoric acid groups is 1.